The average molecular weight is 362 g/mol. The molecule has 0 atom stereocenters. The first-order valence-corrected chi connectivity index (χ1v) is 10.6. The van der Waals surface area contributed by atoms with E-state index in [1.807, 2.05) is 13.8 Å². The number of nitrogens with one attached hydrogen (secondary N) is 2. The summed E-state index contributed by atoms with van der Waals surface area (Å²) < 4.78 is 6.05. The second-order valence-corrected chi connectivity index (χ2v) is 7.23. The molecule has 3 heterocycles. The molecule has 0 bridgehead atoms. The number of piperazine rings is 1. The Hall–Kier alpha value is -1.40. The van der Waals surface area contributed by atoms with Gasteiger partial charge in [0.15, 0.2) is 0 Å². The number of rotatable bonds is 4. The van der Waals surface area contributed by atoms with E-state index in [2.05, 4.69) is 15.5 Å². The lowest BCUT2D eigenvalue weighted by Crippen LogP contribution is -2.45. The minimum atomic E-state index is 0.580. The van der Waals surface area contributed by atoms with E-state index in [1.54, 1.807) is 0 Å². The van der Waals surface area contributed by atoms with Gasteiger partial charge in [-0.1, -0.05) is 33.1 Å². The van der Waals surface area contributed by atoms with E-state index in [0.29, 0.717) is 11.9 Å². The molecule has 1 aromatic heterocycles. The zero-order valence-electron chi connectivity index (χ0n) is 16.5. The first kappa shape index (κ1) is 19.4. The highest BCUT2D eigenvalue weighted by molar-refractivity contribution is 5.51. The molecule has 4 rings (SSSR count). The van der Waals surface area contributed by atoms with Crippen LogP contribution in [0.25, 0.3) is 0 Å². The highest BCUT2D eigenvalue weighted by Gasteiger charge is 2.23. The van der Waals surface area contributed by atoms with Crippen LogP contribution in [0.2, 0.25) is 0 Å². The summed E-state index contributed by atoms with van der Waals surface area (Å²) in [5.41, 5.74) is 2.45. The smallest absolute Gasteiger partial charge is 0.318 e. The summed E-state index contributed by atoms with van der Waals surface area (Å²) in [7, 11) is 0. The van der Waals surface area contributed by atoms with Crippen molar-refractivity contribution in [3.63, 3.8) is 0 Å². The Balaban J connectivity index is 0.000000948. The van der Waals surface area contributed by atoms with Gasteiger partial charge in [-0.3, -0.25) is 0 Å². The highest BCUT2D eigenvalue weighted by Crippen LogP contribution is 2.28. The molecule has 2 aliphatic heterocycles. The van der Waals surface area contributed by atoms with Crippen LogP contribution in [0.1, 0.15) is 57.2 Å². The maximum absolute atomic E-state index is 6.05. The zero-order valence-corrected chi connectivity index (χ0v) is 16.5. The number of aromatic nitrogens is 2. The van der Waals surface area contributed by atoms with Crippen molar-refractivity contribution >= 4 is 5.82 Å². The van der Waals surface area contributed by atoms with Crippen molar-refractivity contribution in [1.82, 2.24) is 20.6 Å². The first-order valence-electron chi connectivity index (χ1n) is 10.6. The molecule has 26 heavy (non-hydrogen) atoms. The molecule has 2 fully saturated rings. The van der Waals surface area contributed by atoms with E-state index in [1.165, 1.54) is 37.7 Å². The average Bonchev–Trinajstić information content (AvgIpc) is 2.74. The molecule has 1 saturated heterocycles. The zero-order chi connectivity index (χ0) is 18.2. The standard InChI is InChI=1S/C18H29N5O.C2H6/c1-2-4-14(5-3-1)13-24-18-21-16-12-20-7-6-15(16)17(22-18)23-10-8-19-9-11-23;1-2/h14,19-20H,1-13H2;1-2H3. The Bertz CT molecular complexity index is 553. The number of fused-ring (bicyclic) bond motifs is 1. The summed E-state index contributed by atoms with van der Waals surface area (Å²) in [4.78, 5) is 11.9. The summed E-state index contributed by atoms with van der Waals surface area (Å²) >= 11 is 0. The van der Waals surface area contributed by atoms with Crippen molar-refractivity contribution in [3.05, 3.63) is 11.3 Å². The van der Waals surface area contributed by atoms with Gasteiger partial charge in [0, 0.05) is 38.3 Å². The summed E-state index contributed by atoms with van der Waals surface area (Å²) in [6.07, 6.45) is 7.65. The summed E-state index contributed by atoms with van der Waals surface area (Å²) in [5, 5.41) is 6.85. The monoisotopic (exact) mass is 361 g/mol. The Morgan fingerprint density at radius 2 is 1.77 bits per heavy atom. The largest absolute Gasteiger partial charge is 0.463 e. The number of nitrogens with zero attached hydrogens (tertiary/aromatic N) is 3. The SMILES string of the molecule is C1CCC(COc2nc3c(c(N4CCNCC4)n2)CCNC3)CC1.CC. The quantitative estimate of drug-likeness (QED) is 0.859. The van der Waals surface area contributed by atoms with Crippen LogP contribution in [0, 0.1) is 5.92 Å². The van der Waals surface area contributed by atoms with E-state index in [0.717, 1.165) is 63.8 Å². The van der Waals surface area contributed by atoms with Crippen LogP contribution < -0.4 is 20.3 Å². The van der Waals surface area contributed by atoms with E-state index < -0.39 is 0 Å². The lowest BCUT2D eigenvalue weighted by Gasteiger charge is -2.32. The van der Waals surface area contributed by atoms with Crippen molar-refractivity contribution in [3.8, 4) is 6.01 Å². The van der Waals surface area contributed by atoms with Crippen LogP contribution in [-0.4, -0.2) is 49.3 Å². The molecule has 0 unspecified atom stereocenters. The Labute approximate surface area is 158 Å². The maximum Gasteiger partial charge on any atom is 0.318 e. The van der Waals surface area contributed by atoms with Gasteiger partial charge in [0.05, 0.1) is 12.3 Å². The molecular formula is C20H35N5O. The van der Waals surface area contributed by atoms with Crippen LogP contribution >= 0.6 is 0 Å². The molecule has 0 aromatic carbocycles. The normalized spacial score (nSPS) is 20.8. The van der Waals surface area contributed by atoms with E-state index in [-0.39, 0.29) is 0 Å². The van der Waals surface area contributed by atoms with Gasteiger partial charge in [0.25, 0.3) is 0 Å². The van der Waals surface area contributed by atoms with Gasteiger partial charge >= 0.3 is 6.01 Å². The van der Waals surface area contributed by atoms with Crippen molar-refractivity contribution in [2.45, 2.75) is 58.9 Å². The Morgan fingerprint density at radius 1 is 1.00 bits per heavy atom. The third kappa shape index (κ3) is 4.86. The fourth-order valence-electron chi connectivity index (χ4n) is 4.07. The third-order valence-corrected chi connectivity index (χ3v) is 5.48. The van der Waals surface area contributed by atoms with Gasteiger partial charge in [-0.2, -0.15) is 9.97 Å². The predicted molar refractivity (Wildman–Crippen MR) is 106 cm³/mol. The minimum Gasteiger partial charge on any atom is -0.463 e. The minimum absolute atomic E-state index is 0.580. The van der Waals surface area contributed by atoms with Crippen molar-refractivity contribution < 1.29 is 4.74 Å². The summed E-state index contributed by atoms with van der Waals surface area (Å²) in [6, 6.07) is 0.580. The first-order chi connectivity index (χ1) is 12.9. The van der Waals surface area contributed by atoms with Crippen molar-refractivity contribution in [2.75, 3.05) is 44.2 Å². The second kappa shape index (κ2) is 10.1. The molecule has 1 aliphatic carbocycles. The molecule has 3 aliphatic rings. The van der Waals surface area contributed by atoms with Crippen LogP contribution in [0.5, 0.6) is 6.01 Å². The van der Waals surface area contributed by atoms with Crippen LogP contribution in [0.4, 0.5) is 5.82 Å². The lowest BCUT2D eigenvalue weighted by atomic mass is 9.90. The Kier molecular flexibility index (Phi) is 7.50. The van der Waals surface area contributed by atoms with E-state index >= 15 is 0 Å². The molecule has 1 saturated carbocycles. The van der Waals surface area contributed by atoms with Crippen LogP contribution in [0.15, 0.2) is 0 Å². The molecule has 6 heteroatoms. The van der Waals surface area contributed by atoms with Gasteiger partial charge < -0.3 is 20.3 Å². The van der Waals surface area contributed by atoms with Gasteiger partial charge in [-0.25, -0.2) is 0 Å². The highest BCUT2D eigenvalue weighted by atomic mass is 16.5. The molecular weight excluding hydrogens is 326 g/mol. The molecule has 0 radical (unpaired) electrons. The predicted octanol–water partition coefficient (Wildman–Crippen LogP) is 2.52. The number of hydrogen-bond donors (Lipinski definition) is 2. The van der Waals surface area contributed by atoms with Gasteiger partial charge in [0.2, 0.25) is 0 Å². The fraction of sp³-hybridized carbons (Fsp3) is 0.800. The van der Waals surface area contributed by atoms with E-state index in [4.69, 9.17) is 14.7 Å². The number of ether oxygens (including phenoxy) is 1. The number of anilines is 1. The van der Waals surface area contributed by atoms with Gasteiger partial charge in [-0.05, 0) is 31.7 Å². The molecule has 1 aromatic rings. The summed E-state index contributed by atoms with van der Waals surface area (Å²) in [6.45, 7) is 10.7. The van der Waals surface area contributed by atoms with Crippen LogP contribution in [0.3, 0.4) is 0 Å². The van der Waals surface area contributed by atoms with Crippen molar-refractivity contribution in [1.29, 1.82) is 0 Å². The third-order valence-electron chi connectivity index (χ3n) is 5.48. The van der Waals surface area contributed by atoms with E-state index in [9.17, 15) is 0 Å². The summed E-state index contributed by atoms with van der Waals surface area (Å²) in [5.74, 6) is 1.79. The lowest BCUT2D eigenvalue weighted by molar-refractivity contribution is 0.195. The molecule has 146 valence electrons. The van der Waals surface area contributed by atoms with Crippen LogP contribution in [-0.2, 0) is 13.0 Å². The van der Waals surface area contributed by atoms with Gasteiger partial charge in [0.1, 0.15) is 5.82 Å². The molecule has 2 N–H and O–H groups in total. The molecule has 6 nitrogen and oxygen atoms in total. The second-order valence-electron chi connectivity index (χ2n) is 7.23. The van der Waals surface area contributed by atoms with Crippen molar-refractivity contribution in [2.24, 2.45) is 5.92 Å². The maximum atomic E-state index is 6.05. The molecule has 0 amide bonds. The number of hydrogen-bond acceptors (Lipinski definition) is 6. The fourth-order valence-corrected chi connectivity index (χ4v) is 4.07. The topological polar surface area (TPSA) is 62.3 Å². The Morgan fingerprint density at radius 3 is 2.54 bits per heavy atom. The molecule has 0 spiro atoms. The van der Waals surface area contributed by atoms with Gasteiger partial charge in [-0.15, -0.1) is 0 Å².